The maximum Gasteiger partial charge on any atom is 0.340 e. The van der Waals surface area contributed by atoms with Crippen molar-refractivity contribution in [3.8, 4) is 11.1 Å². The van der Waals surface area contributed by atoms with Crippen molar-refractivity contribution >= 4 is 23.3 Å². The first-order valence-corrected chi connectivity index (χ1v) is 9.82. The largest absolute Gasteiger partial charge is 0.462 e. The van der Waals surface area contributed by atoms with Crippen molar-refractivity contribution in [3.63, 3.8) is 0 Å². The number of carbonyl (C=O) groups is 3. The number of hydrogen-bond acceptors (Lipinski definition) is 4. The normalized spacial score (nSPS) is 10.6. The molecule has 7 heteroatoms. The molecule has 0 fully saturated rings. The third-order valence-corrected chi connectivity index (χ3v) is 5.01. The molecule has 0 aliphatic rings. The van der Waals surface area contributed by atoms with Crippen LogP contribution in [0.2, 0.25) is 0 Å². The Labute approximate surface area is 179 Å². The predicted octanol–water partition coefficient (Wildman–Crippen LogP) is 4.74. The van der Waals surface area contributed by atoms with Crippen molar-refractivity contribution < 1.29 is 23.5 Å². The second kappa shape index (κ2) is 8.95. The van der Waals surface area contributed by atoms with Crippen LogP contribution in [-0.2, 0) is 9.53 Å². The zero-order chi connectivity index (χ0) is 22.7. The molecule has 3 rings (SSSR count). The molecule has 0 saturated heterocycles. The van der Waals surface area contributed by atoms with Gasteiger partial charge in [0.05, 0.1) is 12.2 Å². The minimum Gasteiger partial charge on any atom is -0.462 e. The number of carbonyl (C=O) groups excluding carboxylic acids is 3. The van der Waals surface area contributed by atoms with Crippen molar-refractivity contribution in [2.24, 2.45) is 0 Å². The van der Waals surface area contributed by atoms with Gasteiger partial charge in [0.15, 0.2) is 0 Å². The van der Waals surface area contributed by atoms with E-state index in [4.69, 9.17) is 4.74 Å². The SMILES string of the molecule is CCOC(=O)c1c(C)[nH]c(C(=O)C(=O)Nc2ccc(C)c(C)c2)c1-c1ccccc1F. The fourth-order valence-electron chi connectivity index (χ4n) is 3.31. The van der Waals surface area contributed by atoms with Crippen molar-refractivity contribution in [3.05, 3.63) is 76.4 Å². The molecule has 1 aromatic heterocycles. The second-order valence-corrected chi connectivity index (χ2v) is 7.16. The molecule has 1 heterocycles. The van der Waals surface area contributed by atoms with Crippen molar-refractivity contribution in [2.45, 2.75) is 27.7 Å². The summed E-state index contributed by atoms with van der Waals surface area (Å²) in [4.78, 5) is 41.1. The van der Waals surface area contributed by atoms with E-state index in [2.05, 4.69) is 10.3 Å². The van der Waals surface area contributed by atoms with Crippen molar-refractivity contribution in [1.29, 1.82) is 0 Å². The molecule has 0 aliphatic heterocycles. The monoisotopic (exact) mass is 422 g/mol. The maximum absolute atomic E-state index is 14.6. The topological polar surface area (TPSA) is 88.3 Å². The number of Topliss-reactive ketones (excluding diaryl/α,β-unsaturated/α-hetero) is 1. The van der Waals surface area contributed by atoms with Crippen LogP contribution >= 0.6 is 0 Å². The zero-order valence-electron chi connectivity index (χ0n) is 17.8. The number of aromatic amines is 1. The number of esters is 1. The third-order valence-electron chi connectivity index (χ3n) is 5.01. The summed E-state index contributed by atoms with van der Waals surface area (Å²) in [5, 5.41) is 2.57. The van der Waals surface area contributed by atoms with Gasteiger partial charge in [-0.2, -0.15) is 0 Å². The Morgan fingerprint density at radius 1 is 1.03 bits per heavy atom. The summed E-state index contributed by atoms with van der Waals surface area (Å²) >= 11 is 0. The molecule has 0 aliphatic carbocycles. The number of rotatable bonds is 6. The van der Waals surface area contributed by atoms with Gasteiger partial charge in [0.25, 0.3) is 11.7 Å². The van der Waals surface area contributed by atoms with Crippen LogP contribution in [0, 0.1) is 26.6 Å². The summed E-state index contributed by atoms with van der Waals surface area (Å²) in [5.74, 6) is -3.16. The van der Waals surface area contributed by atoms with E-state index in [9.17, 15) is 18.8 Å². The lowest BCUT2D eigenvalue weighted by Gasteiger charge is -2.10. The van der Waals surface area contributed by atoms with E-state index in [0.717, 1.165) is 11.1 Å². The fourth-order valence-corrected chi connectivity index (χ4v) is 3.31. The maximum atomic E-state index is 14.6. The van der Waals surface area contributed by atoms with Gasteiger partial charge >= 0.3 is 5.97 Å². The Bertz CT molecular complexity index is 1180. The number of benzene rings is 2. The lowest BCUT2D eigenvalue weighted by atomic mass is 9.97. The zero-order valence-corrected chi connectivity index (χ0v) is 17.8. The summed E-state index contributed by atoms with van der Waals surface area (Å²) in [7, 11) is 0. The first-order chi connectivity index (χ1) is 14.7. The molecule has 0 unspecified atom stereocenters. The average Bonchev–Trinajstić information content (AvgIpc) is 3.07. The van der Waals surface area contributed by atoms with Gasteiger partial charge in [-0.15, -0.1) is 0 Å². The quantitative estimate of drug-likeness (QED) is 0.341. The highest BCUT2D eigenvalue weighted by atomic mass is 19.1. The van der Waals surface area contributed by atoms with E-state index in [-0.39, 0.29) is 29.0 Å². The van der Waals surface area contributed by atoms with Gasteiger partial charge in [-0.25, -0.2) is 9.18 Å². The van der Waals surface area contributed by atoms with E-state index in [1.165, 1.54) is 18.2 Å². The second-order valence-electron chi connectivity index (χ2n) is 7.16. The number of aromatic nitrogens is 1. The van der Waals surface area contributed by atoms with Crippen LogP contribution < -0.4 is 5.32 Å². The molecule has 6 nitrogen and oxygen atoms in total. The number of halogens is 1. The Morgan fingerprint density at radius 2 is 1.74 bits per heavy atom. The van der Waals surface area contributed by atoms with E-state index in [1.54, 1.807) is 32.0 Å². The molecule has 2 N–H and O–H groups in total. The molecule has 31 heavy (non-hydrogen) atoms. The molecular weight excluding hydrogens is 399 g/mol. The lowest BCUT2D eigenvalue weighted by Crippen LogP contribution is -2.24. The summed E-state index contributed by atoms with van der Waals surface area (Å²) in [6.45, 7) is 7.14. The molecule has 1 amide bonds. The number of H-pyrrole nitrogens is 1. The van der Waals surface area contributed by atoms with E-state index in [0.29, 0.717) is 11.4 Å². The third kappa shape index (κ3) is 4.40. The van der Waals surface area contributed by atoms with Crippen molar-refractivity contribution in [1.82, 2.24) is 4.98 Å². The Balaban J connectivity index is 2.07. The van der Waals surface area contributed by atoms with Gasteiger partial charge in [-0.1, -0.05) is 24.3 Å². The standard InChI is InChI=1S/C24H23FN2O4/c1-5-31-24(30)19-15(4)26-21(20(19)17-8-6-7-9-18(17)25)22(28)23(29)27-16-11-10-13(2)14(3)12-16/h6-12,26H,5H2,1-4H3,(H,27,29). The Hall–Kier alpha value is -3.74. The molecule has 0 saturated carbocycles. The molecule has 2 aromatic carbocycles. The van der Waals surface area contributed by atoms with Gasteiger partial charge < -0.3 is 15.0 Å². The molecule has 160 valence electrons. The first kappa shape index (κ1) is 22.0. The van der Waals surface area contributed by atoms with Gasteiger partial charge in [-0.3, -0.25) is 9.59 Å². The van der Waals surface area contributed by atoms with E-state index >= 15 is 0 Å². The van der Waals surface area contributed by atoms with E-state index < -0.39 is 23.5 Å². The van der Waals surface area contributed by atoms with Gasteiger partial charge in [0.2, 0.25) is 0 Å². The smallest absolute Gasteiger partial charge is 0.340 e. The van der Waals surface area contributed by atoms with Gasteiger partial charge in [0.1, 0.15) is 11.5 Å². The van der Waals surface area contributed by atoms with Crippen molar-refractivity contribution in [2.75, 3.05) is 11.9 Å². The highest BCUT2D eigenvalue weighted by molar-refractivity contribution is 6.47. The predicted molar refractivity (Wildman–Crippen MR) is 116 cm³/mol. The van der Waals surface area contributed by atoms with Crippen LogP contribution in [-0.4, -0.2) is 29.3 Å². The fraction of sp³-hybridized carbons (Fsp3) is 0.208. The number of hydrogen-bond donors (Lipinski definition) is 2. The van der Waals surface area contributed by atoms with Crippen LogP contribution in [0.25, 0.3) is 11.1 Å². The van der Waals surface area contributed by atoms with Gasteiger partial charge in [-0.05, 0) is 57.0 Å². The molecule has 3 aromatic rings. The number of ketones is 1. The number of nitrogens with one attached hydrogen (secondary N) is 2. The number of ether oxygens (including phenoxy) is 1. The van der Waals surface area contributed by atoms with Crippen LogP contribution in [0.5, 0.6) is 0 Å². The van der Waals surface area contributed by atoms with Crippen LogP contribution in [0.3, 0.4) is 0 Å². The Morgan fingerprint density at radius 3 is 2.39 bits per heavy atom. The summed E-state index contributed by atoms with van der Waals surface area (Å²) in [6, 6.07) is 11.0. The number of aryl methyl sites for hydroxylation is 3. The summed E-state index contributed by atoms with van der Waals surface area (Å²) in [6.07, 6.45) is 0. The van der Waals surface area contributed by atoms with Crippen LogP contribution in [0.1, 0.15) is 44.6 Å². The summed E-state index contributed by atoms with van der Waals surface area (Å²) < 4.78 is 19.7. The van der Waals surface area contributed by atoms with E-state index in [1.807, 2.05) is 19.9 Å². The van der Waals surface area contributed by atoms with Gasteiger partial charge in [0, 0.05) is 22.5 Å². The molecule has 0 spiro atoms. The Kier molecular flexibility index (Phi) is 6.34. The van der Waals surface area contributed by atoms with Crippen LogP contribution in [0.4, 0.5) is 10.1 Å². The minimum atomic E-state index is -0.921. The highest BCUT2D eigenvalue weighted by Crippen LogP contribution is 2.33. The first-order valence-electron chi connectivity index (χ1n) is 9.82. The number of anilines is 1. The minimum absolute atomic E-state index is 0.00860. The molecule has 0 radical (unpaired) electrons. The molecular formula is C24H23FN2O4. The lowest BCUT2D eigenvalue weighted by molar-refractivity contribution is -0.112. The summed E-state index contributed by atoms with van der Waals surface area (Å²) in [5.41, 5.74) is 2.65. The molecule has 0 atom stereocenters. The highest BCUT2D eigenvalue weighted by Gasteiger charge is 2.31. The average molecular weight is 422 g/mol. The number of amides is 1. The molecule has 0 bridgehead atoms. The van der Waals surface area contributed by atoms with Crippen LogP contribution in [0.15, 0.2) is 42.5 Å².